The smallest absolute Gasteiger partial charge is 0.252 e. The lowest BCUT2D eigenvalue weighted by Gasteiger charge is -2.37. The first-order valence-corrected chi connectivity index (χ1v) is 13.6. The van der Waals surface area contributed by atoms with E-state index >= 15 is 0 Å². The lowest BCUT2D eigenvalue weighted by Crippen LogP contribution is -2.47. The molecule has 0 radical (unpaired) electrons. The molecule has 2 unspecified atom stereocenters. The van der Waals surface area contributed by atoms with Gasteiger partial charge in [-0.3, -0.25) is 4.79 Å². The van der Waals surface area contributed by atoms with Gasteiger partial charge in [0.05, 0.1) is 7.11 Å². The number of carbonyl (C=O) groups excluding carboxylic acids is 1. The Morgan fingerprint density at radius 1 is 1.27 bits per heavy atom. The Morgan fingerprint density at radius 3 is 2.76 bits per heavy atom. The van der Waals surface area contributed by atoms with Crippen molar-refractivity contribution in [3.05, 3.63) is 29.8 Å². The van der Waals surface area contributed by atoms with E-state index in [1.165, 1.54) is 11.3 Å². The first-order chi connectivity index (χ1) is 15.8. The van der Waals surface area contributed by atoms with Crippen molar-refractivity contribution < 1.29 is 17.9 Å². The van der Waals surface area contributed by atoms with Gasteiger partial charge >= 0.3 is 0 Å². The number of anilines is 1. The maximum atomic E-state index is 13.3. The Kier molecular flexibility index (Phi) is 5.82. The molecule has 5 rings (SSSR count). The van der Waals surface area contributed by atoms with Crippen molar-refractivity contribution >= 4 is 33.2 Å². The van der Waals surface area contributed by atoms with Gasteiger partial charge in [0, 0.05) is 57.4 Å². The molecule has 0 aromatic carbocycles. The summed E-state index contributed by atoms with van der Waals surface area (Å²) in [5.41, 5.74) is -0.190. The molecule has 0 bridgehead atoms. The Balaban J connectivity index is 1.17. The van der Waals surface area contributed by atoms with Gasteiger partial charge in [-0.15, -0.1) is 11.3 Å². The third kappa shape index (κ3) is 4.10. The second-order valence-corrected chi connectivity index (χ2v) is 12.3. The molecule has 2 aromatic heterocycles. The molecule has 3 fully saturated rings. The summed E-state index contributed by atoms with van der Waals surface area (Å²) in [6, 6.07) is 5.30. The van der Waals surface area contributed by atoms with Gasteiger partial charge in [-0.1, -0.05) is 6.07 Å². The maximum absolute atomic E-state index is 13.3. The Hall–Kier alpha value is -2.24. The predicted molar refractivity (Wildman–Crippen MR) is 125 cm³/mol. The number of methoxy groups -OCH3 is 1. The largest absolute Gasteiger partial charge is 0.481 e. The van der Waals surface area contributed by atoms with Gasteiger partial charge in [0.15, 0.2) is 0 Å². The molecule has 9 nitrogen and oxygen atoms in total. The molecule has 2 aliphatic heterocycles. The van der Waals surface area contributed by atoms with Crippen LogP contribution in [-0.2, 0) is 14.8 Å². The van der Waals surface area contributed by atoms with Crippen molar-refractivity contribution in [3.8, 4) is 5.88 Å². The summed E-state index contributed by atoms with van der Waals surface area (Å²) >= 11 is 1.24. The summed E-state index contributed by atoms with van der Waals surface area (Å²) in [4.78, 5) is 26.1. The van der Waals surface area contributed by atoms with Gasteiger partial charge in [0.1, 0.15) is 4.21 Å². The van der Waals surface area contributed by atoms with Crippen molar-refractivity contribution in [1.29, 1.82) is 0 Å². The molecule has 1 amide bonds. The fourth-order valence-electron chi connectivity index (χ4n) is 5.22. The molecule has 0 N–H and O–H groups in total. The highest BCUT2D eigenvalue weighted by Gasteiger charge is 2.63. The third-order valence-electron chi connectivity index (χ3n) is 7.40. The lowest BCUT2D eigenvalue weighted by atomic mass is 10.00. The number of rotatable bonds is 6. The van der Waals surface area contributed by atoms with Crippen LogP contribution in [0, 0.1) is 11.3 Å². The number of thiophene rings is 1. The highest BCUT2D eigenvalue weighted by atomic mass is 32.2. The van der Waals surface area contributed by atoms with Crippen LogP contribution in [0.3, 0.4) is 0 Å². The quantitative estimate of drug-likeness (QED) is 0.610. The van der Waals surface area contributed by atoms with Crippen molar-refractivity contribution in [2.75, 3.05) is 45.2 Å². The van der Waals surface area contributed by atoms with E-state index in [0.29, 0.717) is 29.1 Å². The molecule has 2 aromatic rings. The van der Waals surface area contributed by atoms with Gasteiger partial charge in [-0.2, -0.15) is 9.29 Å². The van der Waals surface area contributed by atoms with Gasteiger partial charge < -0.3 is 14.5 Å². The number of sulfonamides is 1. The standard InChI is InChI=1S/C22H29N5O4S2/c1-25(16-6-10-26(11-7-16)21-23-9-5-18(24-21)31-2)20(28)17-14-22(17)8-12-27(15-22)33(29,30)19-4-3-13-32-19/h3-5,9,13,16-17H,6-8,10-12,14-15H2,1-2H3. The molecule has 4 heterocycles. The highest BCUT2D eigenvalue weighted by molar-refractivity contribution is 7.91. The minimum absolute atomic E-state index is 0.0780. The number of piperidine rings is 1. The molecule has 178 valence electrons. The van der Waals surface area contributed by atoms with E-state index in [-0.39, 0.29) is 23.3 Å². The topological polar surface area (TPSA) is 95.9 Å². The molecular formula is C22H29N5O4S2. The van der Waals surface area contributed by atoms with Crippen molar-refractivity contribution in [2.45, 2.75) is 35.9 Å². The molecule has 2 atom stereocenters. The fraction of sp³-hybridized carbons (Fsp3) is 0.591. The van der Waals surface area contributed by atoms with E-state index in [2.05, 4.69) is 14.9 Å². The summed E-state index contributed by atoms with van der Waals surface area (Å²) in [5.74, 6) is 1.27. The average molecular weight is 492 g/mol. The SMILES string of the molecule is COc1ccnc(N2CCC(N(C)C(=O)C3CC34CCN(S(=O)(=O)c3cccs3)C4)CC2)n1. The number of hydrogen-bond donors (Lipinski definition) is 0. The van der Waals surface area contributed by atoms with Crippen LogP contribution in [0.25, 0.3) is 0 Å². The molecule has 2 saturated heterocycles. The van der Waals surface area contributed by atoms with E-state index < -0.39 is 10.0 Å². The normalized spacial score (nSPS) is 26.0. The predicted octanol–water partition coefficient (Wildman–Crippen LogP) is 2.07. The van der Waals surface area contributed by atoms with Gasteiger partial charge in [0.2, 0.25) is 17.7 Å². The van der Waals surface area contributed by atoms with Crippen molar-refractivity contribution in [2.24, 2.45) is 11.3 Å². The van der Waals surface area contributed by atoms with E-state index in [1.54, 1.807) is 41.2 Å². The molecule has 3 aliphatic rings. The minimum atomic E-state index is -3.45. The first-order valence-electron chi connectivity index (χ1n) is 11.3. The van der Waals surface area contributed by atoms with E-state index in [4.69, 9.17) is 4.74 Å². The number of ether oxygens (including phenoxy) is 1. The molecule has 33 heavy (non-hydrogen) atoms. The number of carbonyl (C=O) groups is 1. The Bertz CT molecular complexity index is 1120. The summed E-state index contributed by atoms with van der Waals surface area (Å²) < 4.78 is 32.9. The summed E-state index contributed by atoms with van der Waals surface area (Å²) in [5, 5.41) is 1.78. The first kappa shape index (κ1) is 22.5. The number of hydrogen-bond acceptors (Lipinski definition) is 8. The van der Waals surface area contributed by atoms with Crippen LogP contribution in [0.1, 0.15) is 25.7 Å². The monoisotopic (exact) mass is 491 g/mol. The zero-order valence-electron chi connectivity index (χ0n) is 18.9. The Morgan fingerprint density at radius 2 is 2.06 bits per heavy atom. The van der Waals surface area contributed by atoms with Crippen molar-refractivity contribution in [3.63, 3.8) is 0 Å². The van der Waals surface area contributed by atoms with E-state index in [0.717, 1.165) is 38.8 Å². The fourth-order valence-corrected chi connectivity index (χ4v) is 7.91. The Labute approximate surface area is 198 Å². The maximum Gasteiger partial charge on any atom is 0.252 e. The van der Waals surface area contributed by atoms with Crippen LogP contribution in [-0.4, -0.2) is 79.9 Å². The zero-order valence-corrected chi connectivity index (χ0v) is 20.5. The molecule has 1 spiro atoms. The average Bonchev–Trinajstić information content (AvgIpc) is 3.18. The van der Waals surface area contributed by atoms with Gasteiger partial charge in [0.25, 0.3) is 10.0 Å². The van der Waals surface area contributed by atoms with Crippen LogP contribution in [0.2, 0.25) is 0 Å². The third-order valence-corrected chi connectivity index (χ3v) is 10.6. The lowest BCUT2D eigenvalue weighted by molar-refractivity contribution is -0.134. The van der Waals surface area contributed by atoms with Crippen molar-refractivity contribution in [1.82, 2.24) is 19.2 Å². The van der Waals surface area contributed by atoms with E-state index in [9.17, 15) is 13.2 Å². The highest BCUT2D eigenvalue weighted by Crippen LogP contribution is 2.60. The summed E-state index contributed by atoms with van der Waals surface area (Å²) in [6.45, 7) is 2.49. The van der Waals surface area contributed by atoms with Crippen LogP contribution < -0.4 is 9.64 Å². The summed E-state index contributed by atoms with van der Waals surface area (Å²) in [7, 11) is 0.0295. The summed E-state index contributed by atoms with van der Waals surface area (Å²) in [6.07, 6.45) is 4.93. The zero-order chi connectivity index (χ0) is 23.2. The number of amides is 1. The molecule has 1 saturated carbocycles. The second-order valence-electron chi connectivity index (χ2n) is 9.21. The van der Waals surface area contributed by atoms with Crippen LogP contribution in [0.5, 0.6) is 5.88 Å². The molecular weight excluding hydrogens is 462 g/mol. The van der Waals surface area contributed by atoms with Gasteiger partial charge in [-0.05, 0) is 42.5 Å². The minimum Gasteiger partial charge on any atom is -0.481 e. The van der Waals surface area contributed by atoms with Crippen LogP contribution in [0.15, 0.2) is 34.0 Å². The van der Waals surface area contributed by atoms with Gasteiger partial charge in [-0.25, -0.2) is 13.4 Å². The second kappa shape index (κ2) is 8.52. The van der Waals surface area contributed by atoms with Crippen LogP contribution in [0.4, 0.5) is 5.95 Å². The molecule has 1 aliphatic carbocycles. The number of nitrogens with zero attached hydrogens (tertiary/aromatic N) is 5. The van der Waals surface area contributed by atoms with Crippen LogP contribution >= 0.6 is 11.3 Å². The molecule has 11 heteroatoms. The number of aromatic nitrogens is 2. The van der Waals surface area contributed by atoms with E-state index in [1.807, 2.05) is 11.9 Å².